The Morgan fingerprint density at radius 1 is 0.731 bits per heavy atom. The number of unbranched alkanes of at least 4 members (excludes halogenated alkanes) is 3. The van der Waals surface area contributed by atoms with Crippen LogP contribution in [-0.4, -0.2) is 0 Å². The quantitative estimate of drug-likeness (QED) is 0.316. The summed E-state index contributed by atoms with van der Waals surface area (Å²) in [6.45, 7) is 2.25. The van der Waals surface area contributed by atoms with Crippen LogP contribution in [0.25, 0.3) is 33.1 Å². The minimum atomic E-state index is 0.735. The van der Waals surface area contributed by atoms with Gasteiger partial charge in [0.15, 0.2) is 0 Å². The van der Waals surface area contributed by atoms with Crippen LogP contribution in [0.15, 0.2) is 65.1 Å². The highest BCUT2D eigenvalue weighted by Crippen LogP contribution is 2.33. The van der Waals surface area contributed by atoms with Crippen molar-refractivity contribution in [2.24, 2.45) is 0 Å². The lowest BCUT2D eigenvalue weighted by Gasteiger charge is -2.05. The molecular weight excluding hydrogens is 340 g/mol. The van der Waals surface area contributed by atoms with Crippen molar-refractivity contribution in [2.45, 2.75) is 39.0 Å². The lowest BCUT2D eigenvalue weighted by atomic mass is 10.00. The van der Waals surface area contributed by atoms with Crippen LogP contribution in [0.5, 0.6) is 0 Å². The monoisotopic (exact) mass is 362 g/mol. The molecule has 0 amide bonds. The number of hydrogen-bond acceptors (Lipinski definition) is 1. The maximum atomic E-state index is 6.13. The highest BCUT2D eigenvalue weighted by atomic mass is 35.5. The molecule has 0 N–H and O–H groups in total. The van der Waals surface area contributed by atoms with Crippen LogP contribution in [0, 0.1) is 0 Å². The van der Waals surface area contributed by atoms with Crippen molar-refractivity contribution in [2.75, 3.05) is 0 Å². The van der Waals surface area contributed by atoms with Gasteiger partial charge in [-0.25, -0.2) is 0 Å². The molecule has 0 aliphatic rings. The first-order valence-corrected chi connectivity index (χ1v) is 9.83. The fraction of sp³-hybridized carbons (Fsp3) is 0.250. The minimum absolute atomic E-state index is 0.735. The molecule has 1 heterocycles. The standard InChI is InChI=1S/C24H23ClO/c1-2-3-4-5-6-17-7-9-18(10-8-17)19-11-13-21-22-16-20(25)12-14-23(22)26-24(21)15-19/h7-16H,2-6H2,1H3. The van der Waals surface area contributed by atoms with Crippen molar-refractivity contribution in [3.05, 3.63) is 71.2 Å². The van der Waals surface area contributed by atoms with E-state index in [1.54, 1.807) is 0 Å². The summed E-state index contributed by atoms with van der Waals surface area (Å²) >= 11 is 6.13. The van der Waals surface area contributed by atoms with Gasteiger partial charge in [0.2, 0.25) is 0 Å². The molecule has 26 heavy (non-hydrogen) atoms. The summed E-state index contributed by atoms with van der Waals surface area (Å²) in [7, 11) is 0. The van der Waals surface area contributed by atoms with Crippen LogP contribution in [0.4, 0.5) is 0 Å². The summed E-state index contributed by atoms with van der Waals surface area (Å²) < 4.78 is 6.01. The van der Waals surface area contributed by atoms with Crippen molar-refractivity contribution in [1.82, 2.24) is 0 Å². The number of furan rings is 1. The zero-order valence-corrected chi connectivity index (χ0v) is 15.9. The number of fused-ring (bicyclic) bond motifs is 3. The van der Waals surface area contributed by atoms with Crippen LogP contribution in [-0.2, 0) is 6.42 Å². The van der Waals surface area contributed by atoms with Gasteiger partial charge in [-0.15, -0.1) is 0 Å². The molecule has 1 aromatic heterocycles. The van der Waals surface area contributed by atoms with Gasteiger partial charge in [0, 0.05) is 15.8 Å². The van der Waals surface area contributed by atoms with Crippen molar-refractivity contribution < 1.29 is 4.42 Å². The first-order chi connectivity index (χ1) is 12.7. The van der Waals surface area contributed by atoms with E-state index < -0.39 is 0 Å². The van der Waals surface area contributed by atoms with Gasteiger partial charge in [-0.2, -0.15) is 0 Å². The number of halogens is 1. The first kappa shape index (κ1) is 17.2. The Morgan fingerprint density at radius 3 is 2.35 bits per heavy atom. The van der Waals surface area contributed by atoms with Crippen molar-refractivity contribution >= 4 is 33.5 Å². The third-order valence-corrected chi connectivity index (χ3v) is 5.27. The van der Waals surface area contributed by atoms with Gasteiger partial charge in [0.25, 0.3) is 0 Å². The van der Waals surface area contributed by atoms with Gasteiger partial charge < -0.3 is 4.42 Å². The maximum absolute atomic E-state index is 6.13. The Bertz CT molecular complexity index is 1030. The molecule has 0 bridgehead atoms. The highest BCUT2D eigenvalue weighted by Gasteiger charge is 2.09. The molecule has 0 aliphatic carbocycles. The molecule has 0 unspecified atom stereocenters. The topological polar surface area (TPSA) is 13.1 Å². The SMILES string of the molecule is CCCCCCc1ccc(-c2ccc3c(c2)oc2ccc(Cl)cc23)cc1. The van der Waals surface area contributed by atoms with E-state index >= 15 is 0 Å². The summed E-state index contributed by atoms with van der Waals surface area (Å²) in [6, 6.07) is 21.1. The Labute approximate surface area is 159 Å². The van der Waals surface area contributed by atoms with Gasteiger partial charge in [0.1, 0.15) is 11.2 Å². The average molecular weight is 363 g/mol. The Balaban J connectivity index is 1.59. The van der Waals surface area contributed by atoms with Gasteiger partial charge in [-0.1, -0.05) is 68.1 Å². The van der Waals surface area contributed by atoms with Crippen LogP contribution < -0.4 is 0 Å². The van der Waals surface area contributed by atoms with Crippen LogP contribution in [0.1, 0.15) is 38.2 Å². The summed E-state index contributed by atoms with van der Waals surface area (Å²) in [5, 5.41) is 2.92. The van der Waals surface area contributed by atoms with E-state index in [1.807, 2.05) is 18.2 Å². The van der Waals surface area contributed by atoms with Crippen LogP contribution in [0.2, 0.25) is 5.02 Å². The summed E-state index contributed by atoms with van der Waals surface area (Å²) in [5.41, 5.74) is 5.61. The molecule has 4 rings (SSSR count). The third-order valence-electron chi connectivity index (χ3n) is 5.04. The number of rotatable bonds is 6. The van der Waals surface area contributed by atoms with Gasteiger partial charge >= 0.3 is 0 Å². The first-order valence-electron chi connectivity index (χ1n) is 9.46. The van der Waals surface area contributed by atoms with Crippen molar-refractivity contribution in [3.63, 3.8) is 0 Å². The van der Waals surface area contributed by atoms with Crippen molar-refractivity contribution in [3.8, 4) is 11.1 Å². The highest BCUT2D eigenvalue weighted by molar-refractivity contribution is 6.31. The molecule has 0 spiro atoms. The molecule has 3 aromatic carbocycles. The largest absolute Gasteiger partial charge is 0.456 e. The normalized spacial score (nSPS) is 11.5. The van der Waals surface area contributed by atoms with E-state index in [2.05, 4.69) is 49.4 Å². The smallest absolute Gasteiger partial charge is 0.136 e. The molecule has 0 saturated carbocycles. The molecule has 0 atom stereocenters. The fourth-order valence-corrected chi connectivity index (χ4v) is 3.72. The molecule has 0 radical (unpaired) electrons. The number of benzene rings is 3. The van der Waals surface area contributed by atoms with E-state index in [9.17, 15) is 0 Å². The van der Waals surface area contributed by atoms with E-state index in [4.69, 9.17) is 16.0 Å². The second-order valence-electron chi connectivity index (χ2n) is 6.96. The molecule has 132 valence electrons. The summed E-state index contributed by atoms with van der Waals surface area (Å²) in [4.78, 5) is 0. The lowest BCUT2D eigenvalue weighted by molar-refractivity contribution is 0.667. The molecule has 1 nitrogen and oxygen atoms in total. The van der Waals surface area contributed by atoms with Crippen molar-refractivity contribution in [1.29, 1.82) is 0 Å². The molecule has 0 saturated heterocycles. The minimum Gasteiger partial charge on any atom is -0.456 e. The van der Waals surface area contributed by atoms with Gasteiger partial charge in [0.05, 0.1) is 0 Å². The lowest BCUT2D eigenvalue weighted by Crippen LogP contribution is -1.86. The van der Waals surface area contributed by atoms with Crippen LogP contribution >= 0.6 is 11.6 Å². The number of hydrogen-bond donors (Lipinski definition) is 0. The average Bonchev–Trinajstić information content (AvgIpc) is 3.03. The second kappa shape index (κ2) is 7.55. The van der Waals surface area contributed by atoms with Gasteiger partial charge in [-0.3, -0.25) is 0 Å². The number of aryl methyl sites for hydroxylation is 1. The predicted molar refractivity (Wildman–Crippen MR) is 112 cm³/mol. The van der Waals surface area contributed by atoms with E-state index in [0.29, 0.717) is 0 Å². The van der Waals surface area contributed by atoms with Crippen LogP contribution in [0.3, 0.4) is 0 Å². The summed E-state index contributed by atoms with van der Waals surface area (Å²) in [6.07, 6.45) is 6.39. The second-order valence-corrected chi connectivity index (χ2v) is 7.40. The van der Waals surface area contributed by atoms with Gasteiger partial charge in [-0.05, 0) is 59.9 Å². The summed E-state index contributed by atoms with van der Waals surface area (Å²) in [5.74, 6) is 0. The Hall–Kier alpha value is -2.25. The predicted octanol–water partition coefficient (Wildman–Crippen LogP) is 8.03. The fourth-order valence-electron chi connectivity index (χ4n) is 3.55. The van der Waals surface area contributed by atoms with E-state index in [-0.39, 0.29) is 0 Å². The third kappa shape index (κ3) is 3.50. The molecular formula is C24H23ClO. The molecule has 0 aliphatic heterocycles. The van der Waals surface area contributed by atoms with E-state index in [0.717, 1.165) is 27.0 Å². The Morgan fingerprint density at radius 2 is 1.54 bits per heavy atom. The molecule has 2 heteroatoms. The zero-order valence-electron chi connectivity index (χ0n) is 15.1. The molecule has 4 aromatic rings. The Kier molecular flexibility index (Phi) is 4.99. The maximum Gasteiger partial charge on any atom is 0.136 e. The zero-order chi connectivity index (χ0) is 17.9. The molecule has 0 fully saturated rings. The van der Waals surface area contributed by atoms with E-state index in [1.165, 1.54) is 48.8 Å².